The number of rotatable bonds is 4. The molecule has 4 rings (SSSR count). The number of nitrogens with zero attached hydrogens (tertiary/aromatic N) is 2. The number of fused-ring (bicyclic) bond motifs is 2. The number of anilines is 1. The quantitative estimate of drug-likeness (QED) is 0.779. The summed E-state index contributed by atoms with van der Waals surface area (Å²) in [6.07, 6.45) is 1.10. The smallest absolute Gasteiger partial charge is 0.164 e. The summed E-state index contributed by atoms with van der Waals surface area (Å²) in [4.78, 5) is 6.86. The maximum absolute atomic E-state index is 12.1. The fourth-order valence-corrected chi connectivity index (χ4v) is 6.71. The van der Waals surface area contributed by atoms with E-state index in [0.717, 1.165) is 28.8 Å². The summed E-state index contributed by atoms with van der Waals surface area (Å²) in [6.45, 7) is 5.49. The topological polar surface area (TPSA) is 68.2 Å². The molecule has 1 fully saturated rings. The Hall–Kier alpha value is -1.41. The molecule has 0 aliphatic carbocycles. The molecule has 0 spiro atoms. The minimum absolute atomic E-state index is 0.121. The Morgan fingerprint density at radius 1 is 1.23 bits per heavy atom. The summed E-state index contributed by atoms with van der Waals surface area (Å²) in [7, 11) is -3.04. The van der Waals surface area contributed by atoms with Crippen molar-refractivity contribution < 1.29 is 17.9 Å². The Kier molecular flexibility index (Phi) is 4.81. The predicted molar refractivity (Wildman–Crippen MR) is 105 cm³/mol. The molecular formula is C18H24N2O4S2. The van der Waals surface area contributed by atoms with E-state index in [2.05, 4.69) is 18.7 Å². The van der Waals surface area contributed by atoms with Crippen LogP contribution < -0.4 is 14.4 Å². The van der Waals surface area contributed by atoms with Gasteiger partial charge in [0.05, 0.1) is 23.6 Å². The van der Waals surface area contributed by atoms with Gasteiger partial charge in [-0.15, -0.1) is 0 Å². The van der Waals surface area contributed by atoms with Crippen molar-refractivity contribution in [1.82, 2.24) is 0 Å². The van der Waals surface area contributed by atoms with Crippen LogP contribution in [0.3, 0.4) is 0 Å². The first-order valence-electron chi connectivity index (χ1n) is 9.03. The van der Waals surface area contributed by atoms with Crippen LogP contribution in [0.15, 0.2) is 23.2 Å². The van der Waals surface area contributed by atoms with E-state index in [1.807, 2.05) is 18.2 Å². The molecule has 26 heavy (non-hydrogen) atoms. The number of aliphatic imine (C=N–C) groups is 1. The van der Waals surface area contributed by atoms with E-state index in [1.165, 1.54) is 0 Å². The maximum atomic E-state index is 12.1. The van der Waals surface area contributed by atoms with Crippen LogP contribution in [-0.2, 0) is 9.84 Å². The number of amidine groups is 1. The number of benzene rings is 1. The van der Waals surface area contributed by atoms with E-state index < -0.39 is 9.84 Å². The Balaban J connectivity index is 1.63. The average Bonchev–Trinajstić information content (AvgIpc) is 3.05. The number of hydrogen-bond acceptors (Lipinski definition) is 7. The lowest BCUT2D eigenvalue weighted by molar-refractivity contribution is 0.171. The van der Waals surface area contributed by atoms with Crippen LogP contribution >= 0.6 is 11.8 Å². The average molecular weight is 397 g/mol. The zero-order chi connectivity index (χ0) is 18.3. The molecule has 1 saturated heterocycles. The molecule has 3 aliphatic rings. The first kappa shape index (κ1) is 18.0. The van der Waals surface area contributed by atoms with Crippen molar-refractivity contribution in [1.29, 1.82) is 0 Å². The van der Waals surface area contributed by atoms with Gasteiger partial charge in [0.2, 0.25) is 0 Å². The standard InChI is InChI=1S/C18H24N2O4S2/c1-12(2)5-8-25-18-19-14-10-26(21,22)11-15(14)20(18)13-3-4-16-17(9-13)24-7-6-23-16/h3-4,9,12,14-15H,5-8,10-11H2,1-2H3. The Morgan fingerprint density at radius 3 is 2.77 bits per heavy atom. The highest BCUT2D eigenvalue weighted by molar-refractivity contribution is 8.14. The fraction of sp³-hybridized carbons (Fsp3) is 0.611. The second-order valence-corrected chi connectivity index (χ2v) is 10.6. The molecule has 1 aromatic rings. The number of thioether (sulfide) groups is 1. The third-order valence-corrected chi connectivity index (χ3v) is 7.54. The zero-order valence-corrected chi connectivity index (χ0v) is 16.7. The molecule has 2 unspecified atom stereocenters. The summed E-state index contributed by atoms with van der Waals surface area (Å²) in [5.74, 6) is 3.36. The number of sulfone groups is 1. The van der Waals surface area contributed by atoms with Crippen molar-refractivity contribution in [2.24, 2.45) is 10.9 Å². The minimum atomic E-state index is -3.04. The van der Waals surface area contributed by atoms with Gasteiger partial charge in [-0.2, -0.15) is 0 Å². The fourth-order valence-electron chi connectivity index (χ4n) is 3.50. The van der Waals surface area contributed by atoms with Crippen LogP contribution in [0, 0.1) is 5.92 Å². The van der Waals surface area contributed by atoms with Crippen molar-refractivity contribution >= 4 is 32.5 Å². The van der Waals surface area contributed by atoms with Gasteiger partial charge >= 0.3 is 0 Å². The number of ether oxygens (including phenoxy) is 2. The van der Waals surface area contributed by atoms with Gasteiger partial charge in [0.15, 0.2) is 26.5 Å². The summed E-state index contributed by atoms with van der Waals surface area (Å²) in [5, 5.41) is 0.923. The first-order chi connectivity index (χ1) is 12.4. The predicted octanol–water partition coefficient (Wildman–Crippen LogP) is 2.58. The van der Waals surface area contributed by atoms with Crippen molar-refractivity contribution in [3.8, 4) is 11.5 Å². The van der Waals surface area contributed by atoms with Crippen LogP contribution in [0.25, 0.3) is 0 Å². The normalized spacial score (nSPS) is 26.1. The molecule has 0 bridgehead atoms. The number of hydrogen-bond donors (Lipinski definition) is 0. The van der Waals surface area contributed by atoms with Crippen LogP contribution in [0.4, 0.5) is 5.69 Å². The third-order valence-electron chi connectivity index (χ3n) is 4.84. The second-order valence-electron chi connectivity index (χ2n) is 7.35. The van der Waals surface area contributed by atoms with Crippen molar-refractivity contribution in [2.45, 2.75) is 32.4 Å². The molecule has 0 amide bonds. The van der Waals surface area contributed by atoms with Gasteiger partial charge in [0, 0.05) is 17.5 Å². The summed E-state index contributed by atoms with van der Waals surface area (Å²) in [5.41, 5.74) is 0.926. The summed E-state index contributed by atoms with van der Waals surface area (Å²) in [6, 6.07) is 5.52. The van der Waals surface area contributed by atoms with Crippen molar-refractivity contribution in [3.05, 3.63) is 18.2 Å². The first-order valence-corrected chi connectivity index (χ1v) is 11.8. The zero-order valence-electron chi connectivity index (χ0n) is 15.1. The van der Waals surface area contributed by atoms with E-state index >= 15 is 0 Å². The molecule has 1 aromatic carbocycles. The third kappa shape index (κ3) is 3.53. The SMILES string of the molecule is CC(C)CCSC1=NC2CS(=O)(=O)CC2N1c1ccc2c(c1)OCCO2. The molecule has 0 saturated carbocycles. The molecule has 6 nitrogen and oxygen atoms in total. The van der Waals surface area contributed by atoms with E-state index in [1.54, 1.807) is 11.8 Å². The maximum Gasteiger partial charge on any atom is 0.164 e. The lowest BCUT2D eigenvalue weighted by Crippen LogP contribution is -2.39. The van der Waals surface area contributed by atoms with Gasteiger partial charge in [-0.25, -0.2) is 8.42 Å². The van der Waals surface area contributed by atoms with Gasteiger partial charge in [-0.1, -0.05) is 25.6 Å². The van der Waals surface area contributed by atoms with Gasteiger partial charge in [-0.05, 0) is 24.5 Å². The van der Waals surface area contributed by atoms with Gasteiger partial charge in [0.1, 0.15) is 13.2 Å². The molecule has 3 aliphatic heterocycles. The Labute approximate surface area is 158 Å². The van der Waals surface area contributed by atoms with Crippen LogP contribution in [0.5, 0.6) is 11.5 Å². The van der Waals surface area contributed by atoms with Gasteiger partial charge < -0.3 is 14.4 Å². The monoisotopic (exact) mass is 396 g/mol. The largest absolute Gasteiger partial charge is 0.486 e. The van der Waals surface area contributed by atoms with E-state index in [0.29, 0.717) is 24.9 Å². The Bertz CT molecular complexity index is 822. The molecule has 142 valence electrons. The molecule has 3 heterocycles. The lowest BCUT2D eigenvalue weighted by Gasteiger charge is -2.28. The highest BCUT2D eigenvalue weighted by Crippen LogP contribution is 2.40. The highest BCUT2D eigenvalue weighted by atomic mass is 32.2. The lowest BCUT2D eigenvalue weighted by atomic mass is 10.1. The summed E-state index contributed by atoms with van der Waals surface area (Å²) < 4.78 is 35.5. The van der Waals surface area contributed by atoms with Crippen LogP contribution in [0.2, 0.25) is 0 Å². The molecule has 0 aromatic heterocycles. The van der Waals surface area contributed by atoms with E-state index in [4.69, 9.17) is 14.5 Å². The van der Waals surface area contributed by atoms with Crippen LogP contribution in [0.1, 0.15) is 20.3 Å². The molecular weight excluding hydrogens is 372 g/mol. The molecule has 8 heteroatoms. The van der Waals surface area contributed by atoms with Gasteiger partial charge in [0.25, 0.3) is 0 Å². The van der Waals surface area contributed by atoms with Crippen molar-refractivity contribution in [3.63, 3.8) is 0 Å². The van der Waals surface area contributed by atoms with Crippen molar-refractivity contribution in [2.75, 3.05) is 35.4 Å². The highest BCUT2D eigenvalue weighted by Gasteiger charge is 2.47. The van der Waals surface area contributed by atoms with E-state index in [9.17, 15) is 8.42 Å². The van der Waals surface area contributed by atoms with Gasteiger partial charge in [-0.3, -0.25) is 4.99 Å². The summed E-state index contributed by atoms with van der Waals surface area (Å²) >= 11 is 1.72. The van der Waals surface area contributed by atoms with E-state index in [-0.39, 0.29) is 23.6 Å². The molecule has 2 atom stereocenters. The minimum Gasteiger partial charge on any atom is -0.486 e. The Morgan fingerprint density at radius 2 is 2.00 bits per heavy atom. The van der Waals surface area contributed by atoms with Crippen LogP contribution in [-0.4, -0.2) is 56.1 Å². The molecule has 0 radical (unpaired) electrons. The second kappa shape index (κ2) is 6.96. The molecule has 0 N–H and O–H groups in total.